The van der Waals surface area contributed by atoms with Crippen LogP contribution in [0.15, 0.2) is 0 Å². The van der Waals surface area contributed by atoms with E-state index in [0.717, 1.165) is 12.8 Å². The molecule has 1 fully saturated rings. The fraction of sp³-hybridized carbons (Fsp3) is 0.385. The Hall–Kier alpha value is -2.27. The van der Waals surface area contributed by atoms with E-state index < -0.39 is 52.9 Å². The van der Waals surface area contributed by atoms with Crippen LogP contribution in [0.1, 0.15) is 19.3 Å². The molecule has 0 spiro atoms. The van der Waals surface area contributed by atoms with Crippen LogP contribution in [0.25, 0.3) is 0 Å². The van der Waals surface area contributed by atoms with Gasteiger partial charge in [-0.05, 0) is 12.8 Å². The van der Waals surface area contributed by atoms with Crippen molar-refractivity contribution in [3.63, 3.8) is 0 Å². The standard InChI is InChI=1S/C13H11F5N2O4/c14-6-7(15)9(17)11(10(18)8(6)16)19-12(21)13(22)20-24-5-3-1-2-4-23-5/h5H,1-4H2,(H,19,21)(H,20,22). The number of hydrogen-bond acceptors (Lipinski definition) is 4. The van der Waals surface area contributed by atoms with Gasteiger partial charge in [-0.2, -0.15) is 0 Å². The van der Waals surface area contributed by atoms with E-state index in [1.807, 2.05) is 0 Å². The normalized spacial score (nSPS) is 17.5. The number of hydrogen-bond donors (Lipinski definition) is 2. The highest BCUT2D eigenvalue weighted by atomic mass is 19.2. The molecule has 0 bridgehead atoms. The van der Waals surface area contributed by atoms with E-state index in [-0.39, 0.29) is 0 Å². The Bertz CT molecular complexity index is 635. The summed E-state index contributed by atoms with van der Waals surface area (Å²) in [5, 5.41) is 1.31. The lowest BCUT2D eigenvalue weighted by molar-refractivity contribution is -0.200. The van der Waals surface area contributed by atoms with Crippen LogP contribution in [0.2, 0.25) is 0 Å². The number of benzene rings is 1. The van der Waals surface area contributed by atoms with Crippen molar-refractivity contribution in [2.75, 3.05) is 11.9 Å². The zero-order chi connectivity index (χ0) is 17.9. The molecule has 11 heteroatoms. The number of rotatable bonds is 3. The minimum absolute atomic E-state index is 0.386. The van der Waals surface area contributed by atoms with Gasteiger partial charge in [0.2, 0.25) is 5.82 Å². The molecular weight excluding hydrogens is 343 g/mol. The highest BCUT2D eigenvalue weighted by molar-refractivity contribution is 6.39. The summed E-state index contributed by atoms with van der Waals surface area (Å²) in [5.74, 6) is -14.6. The summed E-state index contributed by atoms with van der Waals surface area (Å²) in [6.07, 6.45) is 1.20. The van der Waals surface area contributed by atoms with E-state index in [4.69, 9.17) is 9.57 Å². The quantitative estimate of drug-likeness (QED) is 0.286. The van der Waals surface area contributed by atoms with Gasteiger partial charge in [0.05, 0.1) is 0 Å². The molecular formula is C13H11F5N2O4. The molecule has 0 radical (unpaired) electrons. The van der Waals surface area contributed by atoms with Gasteiger partial charge in [-0.3, -0.25) is 9.59 Å². The Kier molecular flexibility index (Phi) is 5.67. The largest absolute Gasteiger partial charge is 0.350 e. The van der Waals surface area contributed by atoms with Gasteiger partial charge in [-0.25, -0.2) is 32.3 Å². The lowest BCUT2D eigenvalue weighted by atomic mass is 10.2. The fourth-order valence-corrected chi connectivity index (χ4v) is 1.85. The summed E-state index contributed by atoms with van der Waals surface area (Å²) in [7, 11) is 0. The Morgan fingerprint density at radius 2 is 1.50 bits per heavy atom. The van der Waals surface area contributed by atoms with E-state index in [2.05, 4.69) is 0 Å². The minimum atomic E-state index is -2.38. The van der Waals surface area contributed by atoms with Gasteiger partial charge in [0.15, 0.2) is 29.6 Å². The number of carbonyl (C=O) groups excluding carboxylic acids is 2. The number of halogens is 5. The van der Waals surface area contributed by atoms with Crippen molar-refractivity contribution in [1.82, 2.24) is 5.48 Å². The van der Waals surface area contributed by atoms with Crippen LogP contribution in [0.5, 0.6) is 0 Å². The van der Waals surface area contributed by atoms with Gasteiger partial charge in [0.25, 0.3) is 0 Å². The first-order valence-corrected chi connectivity index (χ1v) is 6.73. The van der Waals surface area contributed by atoms with Crippen LogP contribution in [0.4, 0.5) is 27.6 Å². The van der Waals surface area contributed by atoms with Gasteiger partial charge in [0, 0.05) is 13.0 Å². The summed E-state index contributed by atoms with van der Waals surface area (Å²) >= 11 is 0. The highest BCUT2D eigenvalue weighted by Gasteiger charge is 2.28. The molecule has 2 N–H and O–H groups in total. The maximum absolute atomic E-state index is 13.4. The highest BCUT2D eigenvalue weighted by Crippen LogP contribution is 2.27. The van der Waals surface area contributed by atoms with Crippen LogP contribution < -0.4 is 10.8 Å². The lowest BCUT2D eigenvalue weighted by Crippen LogP contribution is -2.39. The van der Waals surface area contributed by atoms with E-state index >= 15 is 0 Å². The molecule has 2 amide bonds. The maximum atomic E-state index is 13.4. The molecule has 0 saturated carbocycles. The monoisotopic (exact) mass is 354 g/mol. The summed E-state index contributed by atoms with van der Waals surface area (Å²) in [4.78, 5) is 27.7. The van der Waals surface area contributed by atoms with Crippen LogP contribution in [0.3, 0.4) is 0 Å². The fourth-order valence-electron chi connectivity index (χ4n) is 1.85. The Morgan fingerprint density at radius 1 is 0.917 bits per heavy atom. The molecule has 132 valence electrons. The summed E-state index contributed by atoms with van der Waals surface area (Å²) in [6, 6.07) is 0. The van der Waals surface area contributed by atoms with E-state index in [0.29, 0.717) is 13.0 Å². The van der Waals surface area contributed by atoms with Crippen LogP contribution in [0, 0.1) is 29.1 Å². The molecule has 1 aromatic carbocycles. The molecule has 1 heterocycles. The zero-order valence-corrected chi connectivity index (χ0v) is 11.9. The molecule has 6 nitrogen and oxygen atoms in total. The average Bonchev–Trinajstić information content (AvgIpc) is 2.60. The lowest BCUT2D eigenvalue weighted by Gasteiger charge is -2.21. The molecule has 1 unspecified atom stereocenters. The predicted molar refractivity (Wildman–Crippen MR) is 67.7 cm³/mol. The van der Waals surface area contributed by atoms with Gasteiger partial charge >= 0.3 is 11.8 Å². The number of nitrogens with one attached hydrogen (secondary N) is 2. The second kappa shape index (κ2) is 7.53. The van der Waals surface area contributed by atoms with Crippen molar-refractivity contribution >= 4 is 17.5 Å². The molecule has 1 atom stereocenters. The molecule has 2 rings (SSSR count). The third-order valence-electron chi connectivity index (χ3n) is 3.08. The van der Waals surface area contributed by atoms with Gasteiger partial charge in [0.1, 0.15) is 5.69 Å². The van der Waals surface area contributed by atoms with Gasteiger partial charge < -0.3 is 10.1 Å². The smallest absolute Gasteiger partial charge is 0.333 e. The van der Waals surface area contributed by atoms with E-state index in [9.17, 15) is 31.5 Å². The maximum Gasteiger partial charge on any atom is 0.333 e. The van der Waals surface area contributed by atoms with E-state index in [1.165, 1.54) is 5.32 Å². The number of amides is 2. The first-order chi connectivity index (χ1) is 11.3. The molecule has 1 aromatic rings. The van der Waals surface area contributed by atoms with Crippen molar-refractivity contribution in [2.45, 2.75) is 25.6 Å². The molecule has 1 aliphatic heterocycles. The third-order valence-corrected chi connectivity index (χ3v) is 3.08. The Morgan fingerprint density at radius 3 is 2.04 bits per heavy atom. The van der Waals surface area contributed by atoms with Gasteiger partial charge in [-0.15, -0.1) is 0 Å². The second-order valence-corrected chi connectivity index (χ2v) is 4.74. The summed E-state index contributed by atoms with van der Waals surface area (Å²) < 4.78 is 70.7. The summed E-state index contributed by atoms with van der Waals surface area (Å²) in [6.45, 7) is 0.386. The number of hydroxylamine groups is 1. The van der Waals surface area contributed by atoms with Crippen molar-refractivity contribution in [3.8, 4) is 0 Å². The number of anilines is 1. The first kappa shape index (κ1) is 18.1. The van der Waals surface area contributed by atoms with Crippen molar-refractivity contribution in [3.05, 3.63) is 29.1 Å². The summed E-state index contributed by atoms with van der Waals surface area (Å²) in [5.41, 5.74) is 0.0310. The molecule has 1 saturated heterocycles. The van der Waals surface area contributed by atoms with E-state index in [1.54, 1.807) is 5.48 Å². The second-order valence-electron chi connectivity index (χ2n) is 4.74. The van der Waals surface area contributed by atoms with Crippen molar-refractivity contribution < 1.29 is 41.1 Å². The number of carbonyl (C=O) groups is 2. The minimum Gasteiger partial charge on any atom is -0.350 e. The van der Waals surface area contributed by atoms with Crippen molar-refractivity contribution in [1.29, 1.82) is 0 Å². The SMILES string of the molecule is O=C(NOC1CCCCO1)C(=O)Nc1c(F)c(F)c(F)c(F)c1F. The van der Waals surface area contributed by atoms with Crippen molar-refractivity contribution in [2.24, 2.45) is 0 Å². The number of ether oxygens (including phenoxy) is 1. The average molecular weight is 354 g/mol. The third kappa shape index (κ3) is 3.79. The van der Waals surface area contributed by atoms with Gasteiger partial charge in [-0.1, -0.05) is 0 Å². The Labute approximate surface area is 131 Å². The molecule has 0 aliphatic carbocycles. The first-order valence-electron chi connectivity index (χ1n) is 6.73. The predicted octanol–water partition coefficient (Wildman–Crippen LogP) is 1.89. The van der Waals surface area contributed by atoms with Crippen LogP contribution in [-0.4, -0.2) is 24.7 Å². The van der Waals surface area contributed by atoms with Crippen LogP contribution >= 0.6 is 0 Å². The zero-order valence-electron chi connectivity index (χ0n) is 11.9. The molecule has 1 aliphatic rings. The van der Waals surface area contributed by atoms with Crippen LogP contribution in [-0.2, 0) is 19.2 Å². The Balaban J connectivity index is 2.02. The molecule has 0 aromatic heterocycles. The topological polar surface area (TPSA) is 76.7 Å². The molecule has 24 heavy (non-hydrogen) atoms.